The molecule has 7 heteroatoms. The average molecular weight is 405 g/mol. The molecule has 0 bridgehead atoms. The van der Waals surface area contributed by atoms with Crippen LogP contribution in [0.3, 0.4) is 0 Å². The van der Waals surface area contributed by atoms with Crippen molar-refractivity contribution in [3.8, 4) is 0 Å². The van der Waals surface area contributed by atoms with Crippen molar-refractivity contribution in [2.45, 2.75) is 6.42 Å². The first-order valence-electron chi connectivity index (χ1n) is 7.15. The Morgan fingerprint density at radius 1 is 1.12 bits per heavy atom. The zero-order valence-corrected chi connectivity index (χ0v) is 14.9. The van der Waals surface area contributed by atoms with E-state index in [-0.39, 0.29) is 13.0 Å². The first kappa shape index (κ1) is 16.6. The van der Waals surface area contributed by atoms with Crippen molar-refractivity contribution in [2.75, 3.05) is 11.9 Å². The summed E-state index contributed by atoms with van der Waals surface area (Å²) in [6, 6.07) is 15.0. The van der Waals surface area contributed by atoms with Crippen LogP contribution in [0.1, 0.15) is 5.56 Å². The first-order valence-corrected chi connectivity index (χ1v) is 8.76. The van der Waals surface area contributed by atoms with Crippen molar-refractivity contribution in [2.24, 2.45) is 0 Å². The summed E-state index contributed by atoms with van der Waals surface area (Å²) in [4.78, 5) is 27.9. The van der Waals surface area contributed by atoms with Gasteiger partial charge in [0.15, 0.2) is 11.7 Å². The molecule has 0 aliphatic heterocycles. The van der Waals surface area contributed by atoms with Gasteiger partial charge < -0.3 is 4.74 Å². The number of hydrogen-bond donors (Lipinski definition) is 1. The minimum atomic E-state index is -0.447. The molecule has 0 aliphatic rings. The van der Waals surface area contributed by atoms with E-state index in [1.165, 1.54) is 11.3 Å². The zero-order valence-electron chi connectivity index (χ0n) is 12.5. The van der Waals surface area contributed by atoms with E-state index < -0.39 is 11.9 Å². The fraction of sp³-hybridized carbons (Fsp3) is 0.118. The third-order valence-corrected chi connectivity index (χ3v) is 4.65. The van der Waals surface area contributed by atoms with Gasteiger partial charge in [0.05, 0.1) is 16.6 Å². The third-order valence-electron chi connectivity index (χ3n) is 3.17. The van der Waals surface area contributed by atoms with Gasteiger partial charge in [-0.2, -0.15) is 0 Å². The lowest BCUT2D eigenvalue weighted by Gasteiger charge is -2.05. The van der Waals surface area contributed by atoms with Crippen LogP contribution in [0.2, 0.25) is 0 Å². The molecule has 1 aromatic heterocycles. The maximum atomic E-state index is 11.9. The molecule has 0 aliphatic carbocycles. The SMILES string of the molecule is O=C(COC(=O)Cc1ccc(Br)cc1)Nc1nc2ccccc2s1. The van der Waals surface area contributed by atoms with Gasteiger partial charge in [0, 0.05) is 4.47 Å². The molecular weight excluding hydrogens is 392 g/mol. The molecule has 2 aromatic carbocycles. The van der Waals surface area contributed by atoms with Gasteiger partial charge in [-0.25, -0.2) is 4.98 Å². The zero-order chi connectivity index (χ0) is 16.9. The van der Waals surface area contributed by atoms with Crippen molar-refractivity contribution in [3.63, 3.8) is 0 Å². The van der Waals surface area contributed by atoms with Crippen molar-refractivity contribution >= 4 is 54.5 Å². The van der Waals surface area contributed by atoms with E-state index in [1.807, 2.05) is 48.5 Å². The topological polar surface area (TPSA) is 68.3 Å². The van der Waals surface area contributed by atoms with E-state index in [1.54, 1.807) is 0 Å². The van der Waals surface area contributed by atoms with Gasteiger partial charge in [-0.3, -0.25) is 14.9 Å². The molecule has 0 saturated carbocycles. The Hall–Kier alpha value is -2.25. The number of nitrogens with one attached hydrogen (secondary N) is 1. The number of esters is 1. The quantitative estimate of drug-likeness (QED) is 0.656. The van der Waals surface area contributed by atoms with Crippen LogP contribution >= 0.6 is 27.3 Å². The van der Waals surface area contributed by atoms with E-state index in [2.05, 4.69) is 26.2 Å². The van der Waals surface area contributed by atoms with Crippen LogP contribution in [0, 0.1) is 0 Å². The molecule has 0 saturated heterocycles. The molecule has 5 nitrogen and oxygen atoms in total. The number of aromatic nitrogens is 1. The Labute approximate surface area is 150 Å². The van der Waals surface area contributed by atoms with Gasteiger partial charge in [-0.15, -0.1) is 0 Å². The number of ether oxygens (including phenoxy) is 1. The summed E-state index contributed by atoms with van der Waals surface area (Å²) in [6.45, 7) is -0.328. The smallest absolute Gasteiger partial charge is 0.310 e. The minimum absolute atomic E-state index is 0.127. The van der Waals surface area contributed by atoms with E-state index in [0.717, 1.165) is 20.3 Å². The summed E-state index contributed by atoms with van der Waals surface area (Å²) in [5.41, 5.74) is 1.65. The first-order chi connectivity index (χ1) is 11.6. The molecule has 0 radical (unpaired) electrons. The van der Waals surface area contributed by atoms with Crippen LogP contribution in [-0.4, -0.2) is 23.5 Å². The van der Waals surface area contributed by atoms with Crippen molar-refractivity contribution in [3.05, 3.63) is 58.6 Å². The number of hydrogen-bond acceptors (Lipinski definition) is 5. The number of nitrogens with zero attached hydrogens (tertiary/aromatic N) is 1. The van der Waals surface area contributed by atoms with Crippen LogP contribution in [0.4, 0.5) is 5.13 Å². The number of carbonyl (C=O) groups is 2. The van der Waals surface area contributed by atoms with Gasteiger partial charge in [0.2, 0.25) is 0 Å². The average Bonchev–Trinajstić information content (AvgIpc) is 2.97. The Kier molecular flexibility index (Phi) is 5.22. The number of rotatable bonds is 5. The lowest BCUT2D eigenvalue weighted by atomic mass is 10.2. The number of anilines is 1. The Bertz CT molecular complexity index is 844. The lowest BCUT2D eigenvalue weighted by Crippen LogP contribution is -2.21. The second-order valence-corrected chi connectivity index (χ2v) is 6.95. The lowest BCUT2D eigenvalue weighted by molar-refractivity contribution is -0.146. The molecule has 0 unspecified atom stereocenters. The molecule has 1 heterocycles. The van der Waals surface area contributed by atoms with Crippen LogP contribution < -0.4 is 5.32 Å². The summed E-state index contributed by atoms with van der Waals surface area (Å²) in [7, 11) is 0. The summed E-state index contributed by atoms with van der Waals surface area (Å²) < 4.78 is 6.92. The monoisotopic (exact) mass is 404 g/mol. The van der Waals surface area contributed by atoms with E-state index in [4.69, 9.17) is 4.74 Å². The van der Waals surface area contributed by atoms with Crippen molar-refractivity contribution < 1.29 is 14.3 Å². The predicted octanol–water partition coefficient (Wildman–Crippen LogP) is 3.78. The van der Waals surface area contributed by atoms with Crippen LogP contribution in [-0.2, 0) is 20.7 Å². The fourth-order valence-electron chi connectivity index (χ4n) is 2.05. The molecule has 24 heavy (non-hydrogen) atoms. The van der Waals surface area contributed by atoms with Crippen LogP contribution in [0.5, 0.6) is 0 Å². The Balaban J connectivity index is 1.49. The van der Waals surface area contributed by atoms with Gasteiger partial charge in [-0.05, 0) is 29.8 Å². The summed E-state index contributed by atoms with van der Waals surface area (Å²) in [5, 5.41) is 3.13. The molecule has 122 valence electrons. The Morgan fingerprint density at radius 3 is 2.62 bits per heavy atom. The number of halogens is 1. The number of thiazole rings is 1. The summed E-state index contributed by atoms with van der Waals surface area (Å²) in [5.74, 6) is -0.852. The highest BCUT2D eigenvalue weighted by molar-refractivity contribution is 9.10. The summed E-state index contributed by atoms with van der Waals surface area (Å²) >= 11 is 4.71. The molecule has 3 rings (SSSR count). The van der Waals surface area contributed by atoms with Crippen LogP contribution in [0.15, 0.2) is 53.0 Å². The molecule has 1 N–H and O–H groups in total. The second-order valence-electron chi connectivity index (χ2n) is 5.00. The van der Waals surface area contributed by atoms with E-state index >= 15 is 0 Å². The normalized spacial score (nSPS) is 10.5. The highest BCUT2D eigenvalue weighted by Gasteiger charge is 2.11. The van der Waals surface area contributed by atoms with Crippen molar-refractivity contribution in [1.82, 2.24) is 4.98 Å². The number of para-hydroxylation sites is 1. The summed E-state index contributed by atoms with van der Waals surface area (Å²) in [6.07, 6.45) is 0.127. The fourth-order valence-corrected chi connectivity index (χ4v) is 3.19. The highest BCUT2D eigenvalue weighted by atomic mass is 79.9. The van der Waals surface area contributed by atoms with Crippen LogP contribution in [0.25, 0.3) is 10.2 Å². The van der Waals surface area contributed by atoms with Crippen molar-refractivity contribution in [1.29, 1.82) is 0 Å². The van der Waals surface area contributed by atoms with Gasteiger partial charge >= 0.3 is 5.97 Å². The standard InChI is InChI=1S/C17H13BrN2O3S/c18-12-7-5-11(6-8-12)9-16(22)23-10-15(21)20-17-19-13-3-1-2-4-14(13)24-17/h1-8H,9-10H2,(H,19,20,21). The number of carbonyl (C=O) groups excluding carboxylic acids is 2. The molecule has 1 amide bonds. The number of benzene rings is 2. The maximum Gasteiger partial charge on any atom is 0.310 e. The molecular formula is C17H13BrN2O3S. The Morgan fingerprint density at radius 2 is 1.88 bits per heavy atom. The molecule has 0 fully saturated rings. The van der Waals surface area contributed by atoms with Gasteiger partial charge in [-0.1, -0.05) is 51.5 Å². The third kappa shape index (κ3) is 4.39. The largest absolute Gasteiger partial charge is 0.455 e. The van der Waals surface area contributed by atoms with Gasteiger partial charge in [0.1, 0.15) is 0 Å². The minimum Gasteiger partial charge on any atom is -0.455 e. The highest BCUT2D eigenvalue weighted by Crippen LogP contribution is 2.25. The molecule has 0 atom stereocenters. The van der Waals surface area contributed by atoms with E-state index in [0.29, 0.717) is 5.13 Å². The van der Waals surface area contributed by atoms with Gasteiger partial charge in [0.25, 0.3) is 5.91 Å². The second kappa shape index (κ2) is 7.55. The number of fused-ring (bicyclic) bond motifs is 1. The maximum absolute atomic E-state index is 11.9. The van der Waals surface area contributed by atoms with E-state index in [9.17, 15) is 9.59 Å². The predicted molar refractivity (Wildman–Crippen MR) is 97.1 cm³/mol. The molecule has 3 aromatic rings. The number of amides is 1. The molecule has 0 spiro atoms.